The minimum Gasteiger partial charge on any atom is -0.497 e. The minimum atomic E-state index is -0.762. The molecule has 1 saturated heterocycles. The molecular weight excluding hydrogens is 360 g/mol. The number of ketones is 1. The van der Waals surface area contributed by atoms with E-state index in [0.29, 0.717) is 19.6 Å². The van der Waals surface area contributed by atoms with Gasteiger partial charge >= 0.3 is 0 Å². The number of Topliss-reactive ketones (excluding diaryl/α,β-unsaturated/α-hetero) is 1. The highest BCUT2D eigenvalue weighted by Gasteiger charge is 2.48. The van der Waals surface area contributed by atoms with Crippen molar-refractivity contribution in [2.24, 2.45) is 0 Å². The number of hydrogen-bond acceptors (Lipinski definition) is 6. The summed E-state index contributed by atoms with van der Waals surface area (Å²) in [6, 6.07) is 7.61. The van der Waals surface area contributed by atoms with E-state index in [9.17, 15) is 9.90 Å². The number of methoxy groups -OCH3 is 1. The van der Waals surface area contributed by atoms with Crippen LogP contribution >= 0.6 is 0 Å². The summed E-state index contributed by atoms with van der Waals surface area (Å²) in [6.45, 7) is 10.1. The molecule has 0 aliphatic carbocycles. The number of carbonyl (C=O) groups is 1. The Hall–Kier alpha value is -1.73. The van der Waals surface area contributed by atoms with Crippen molar-refractivity contribution in [2.45, 2.75) is 70.2 Å². The highest BCUT2D eigenvalue weighted by molar-refractivity contribution is 5.79. The average Bonchev–Trinajstić information content (AvgIpc) is 2.87. The largest absolute Gasteiger partial charge is 0.497 e. The van der Waals surface area contributed by atoms with Crippen LogP contribution in [0.15, 0.2) is 36.9 Å². The van der Waals surface area contributed by atoms with Gasteiger partial charge in [-0.1, -0.05) is 18.2 Å². The maximum Gasteiger partial charge on any atom is 0.164 e. The summed E-state index contributed by atoms with van der Waals surface area (Å²) in [4.78, 5) is 12.4. The van der Waals surface area contributed by atoms with Gasteiger partial charge in [-0.2, -0.15) is 0 Å². The van der Waals surface area contributed by atoms with Crippen LogP contribution in [0.3, 0.4) is 0 Å². The SMILES string of the molecule is C=C[C@@]1(C)OC(C)(C)O[C@@H]1CC(=O)C[C@@H](O)CCOCc1ccc(OC)cc1. The standard InChI is InChI=1S/C22H32O6/c1-6-22(4)20(27-21(2,3)28-22)14-18(24)13-17(23)11-12-26-15-16-7-9-19(25-5)10-8-16/h6-10,17,20,23H,1,11-15H2,2-5H3/t17-,20+,22+/m0/s1. The molecule has 0 saturated carbocycles. The summed E-state index contributed by atoms with van der Waals surface area (Å²) in [7, 11) is 1.62. The molecule has 1 aliphatic rings. The van der Waals surface area contributed by atoms with Crippen molar-refractivity contribution < 1.29 is 28.8 Å². The molecule has 156 valence electrons. The molecule has 1 aromatic carbocycles. The average molecular weight is 392 g/mol. The Morgan fingerprint density at radius 3 is 2.61 bits per heavy atom. The van der Waals surface area contributed by atoms with Crippen LogP contribution in [0, 0.1) is 0 Å². The van der Waals surface area contributed by atoms with E-state index in [1.807, 2.05) is 45.0 Å². The quantitative estimate of drug-likeness (QED) is 0.460. The summed E-state index contributed by atoms with van der Waals surface area (Å²) in [5, 5.41) is 10.1. The molecule has 1 fully saturated rings. The molecule has 3 atom stereocenters. The van der Waals surface area contributed by atoms with E-state index in [1.165, 1.54) is 0 Å². The summed E-state index contributed by atoms with van der Waals surface area (Å²) in [5.41, 5.74) is 0.307. The molecular formula is C22H32O6. The van der Waals surface area contributed by atoms with Crippen molar-refractivity contribution in [1.82, 2.24) is 0 Å². The van der Waals surface area contributed by atoms with E-state index in [1.54, 1.807) is 13.2 Å². The zero-order chi connectivity index (χ0) is 20.8. The molecule has 1 aliphatic heterocycles. The molecule has 6 heteroatoms. The van der Waals surface area contributed by atoms with E-state index in [0.717, 1.165) is 11.3 Å². The zero-order valence-electron chi connectivity index (χ0n) is 17.3. The van der Waals surface area contributed by atoms with E-state index in [4.69, 9.17) is 18.9 Å². The lowest BCUT2D eigenvalue weighted by Gasteiger charge is -2.24. The van der Waals surface area contributed by atoms with Crippen LogP contribution in [0.25, 0.3) is 0 Å². The second-order valence-corrected chi connectivity index (χ2v) is 7.79. The first-order valence-corrected chi connectivity index (χ1v) is 9.59. The van der Waals surface area contributed by atoms with Gasteiger partial charge in [0.2, 0.25) is 0 Å². The molecule has 0 amide bonds. The highest BCUT2D eigenvalue weighted by atomic mass is 16.8. The lowest BCUT2D eigenvalue weighted by molar-refractivity contribution is -0.154. The van der Waals surface area contributed by atoms with Gasteiger partial charge < -0.3 is 24.1 Å². The number of carbonyl (C=O) groups excluding carboxylic acids is 1. The Morgan fingerprint density at radius 1 is 1.32 bits per heavy atom. The molecule has 1 N–H and O–H groups in total. The third-order valence-corrected chi connectivity index (χ3v) is 4.84. The van der Waals surface area contributed by atoms with Crippen LogP contribution in [0.4, 0.5) is 0 Å². The normalized spacial score (nSPS) is 24.7. The molecule has 0 bridgehead atoms. The van der Waals surface area contributed by atoms with Gasteiger partial charge in [-0.3, -0.25) is 4.79 Å². The molecule has 28 heavy (non-hydrogen) atoms. The molecule has 1 aromatic rings. The Kier molecular flexibility index (Phi) is 7.78. The van der Waals surface area contributed by atoms with Gasteiger partial charge in [-0.25, -0.2) is 0 Å². The molecule has 2 rings (SSSR count). The van der Waals surface area contributed by atoms with Crippen molar-refractivity contribution >= 4 is 5.78 Å². The Morgan fingerprint density at radius 2 is 2.00 bits per heavy atom. The topological polar surface area (TPSA) is 74.2 Å². The number of aliphatic hydroxyl groups excluding tert-OH is 1. The van der Waals surface area contributed by atoms with Gasteiger partial charge in [-0.15, -0.1) is 6.58 Å². The molecule has 6 nitrogen and oxygen atoms in total. The van der Waals surface area contributed by atoms with E-state index in [2.05, 4.69) is 6.58 Å². The van der Waals surface area contributed by atoms with Gasteiger partial charge in [0.25, 0.3) is 0 Å². The van der Waals surface area contributed by atoms with E-state index in [-0.39, 0.29) is 18.6 Å². The summed E-state index contributed by atoms with van der Waals surface area (Å²) in [5.74, 6) is -0.0331. The first-order valence-electron chi connectivity index (χ1n) is 9.59. The molecule has 0 aromatic heterocycles. The van der Waals surface area contributed by atoms with Crippen LogP contribution in [0.1, 0.15) is 45.6 Å². The number of hydrogen-bond donors (Lipinski definition) is 1. The first-order chi connectivity index (χ1) is 13.2. The van der Waals surface area contributed by atoms with Crippen LogP contribution in [-0.2, 0) is 25.6 Å². The third kappa shape index (κ3) is 6.41. The Labute approximate surface area is 167 Å². The van der Waals surface area contributed by atoms with Crippen LogP contribution in [-0.4, -0.2) is 48.2 Å². The molecule has 0 unspecified atom stereocenters. The second kappa shape index (κ2) is 9.65. The van der Waals surface area contributed by atoms with Crippen LogP contribution in [0.5, 0.6) is 5.75 Å². The summed E-state index contributed by atoms with van der Waals surface area (Å²) in [6.07, 6.45) is 1.16. The fraction of sp³-hybridized carbons (Fsp3) is 0.591. The van der Waals surface area contributed by atoms with Crippen molar-refractivity contribution in [1.29, 1.82) is 0 Å². The number of ether oxygens (including phenoxy) is 4. The number of rotatable bonds is 11. The van der Waals surface area contributed by atoms with Gasteiger partial charge in [-0.05, 0) is 44.9 Å². The monoisotopic (exact) mass is 392 g/mol. The molecule has 1 heterocycles. The fourth-order valence-electron chi connectivity index (χ4n) is 3.28. The summed E-state index contributed by atoms with van der Waals surface area (Å²) < 4.78 is 22.4. The van der Waals surface area contributed by atoms with Crippen molar-refractivity contribution in [3.8, 4) is 5.75 Å². The maximum absolute atomic E-state index is 12.4. The lowest BCUT2D eigenvalue weighted by atomic mass is 9.93. The zero-order valence-corrected chi connectivity index (χ0v) is 17.3. The predicted octanol–water partition coefficient (Wildman–Crippen LogP) is 3.41. The minimum absolute atomic E-state index is 0.0676. The van der Waals surface area contributed by atoms with Crippen molar-refractivity contribution in [3.05, 3.63) is 42.5 Å². The summed E-state index contributed by atoms with van der Waals surface area (Å²) >= 11 is 0. The van der Waals surface area contributed by atoms with Crippen molar-refractivity contribution in [2.75, 3.05) is 13.7 Å². The van der Waals surface area contributed by atoms with Crippen LogP contribution in [0.2, 0.25) is 0 Å². The second-order valence-electron chi connectivity index (χ2n) is 7.79. The highest BCUT2D eigenvalue weighted by Crippen LogP contribution is 2.38. The van der Waals surface area contributed by atoms with Gasteiger partial charge in [0, 0.05) is 19.4 Å². The van der Waals surface area contributed by atoms with Crippen molar-refractivity contribution in [3.63, 3.8) is 0 Å². The number of benzene rings is 1. The lowest BCUT2D eigenvalue weighted by Crippen LogP contribution is -2.36. The molecule has 0 radical (unpaired) electrons. The van der Waals surface area contributed by atoms with Crippen LogP contribution < -0.4 is 4.74 Å². The molecule has 0 spiro atoms. The van der Waals surface area contributed by atoms with Gasteiger partial charge in [0.1, 0.15) is 23.2 Å². The Balaban J connectivity index is 1.70. The van der Waals surface area contributed by atoms with Gasteiger partial charge in [0.05, 0.1) is 19.8 Å². The first kappa shape index (κ1) is 22.6. The fourth-order valence-corrected chi connectivity index (χ4v) is 3.28. The predicted molar refractivity (Wildman–Crippen MR) is 106 cm³/mol. The smallest absolute Gasteiger partial charge is 0.164 e. The number of aliphatic hydroxyl groups is 1. The Bertz CT molecular complexity index is 653. The maximum atomic E-state index is 12.4. The third-order valence-electron chi connectivity index (χ3n) is 4.84. The van der Waals surface area contributed by atoms with E-state index < -0.39 is 23.6 Å². The van der Waals surface area contributed by atoms with Gasteiger partial charge in [0.15, 0.2) is 5.79 Å². The van der Waals surface area contributed by atoms with E-state index >= 15 is 0 Å².